The minimum absolute atomic E-state index is 0.110. The van der Waals surface area contributed by atoms with Crippen LogP contribution in [-0.4, -0.2) is 30.7 Å². The second-order valence-electron chi connectivity index (χ2n) is 4.47. The van der Waals surface area contributed by atoms with Crippen LogP contribution in [-0.2, 0) is 13.6 Å². The maximum atomic E-state index is 12.1. The van der Waals surface area contributed by atoms with Crippen LogP contribution in [0, 0.1) is 6.92 Å². The van der Waals surface area contributed by atoms with E-state index in [2.05, 4.69) is 20.7 Å². The fraction of sp³-hybridized carbons (Fsp3) is 0.500. The molecule has 0 bridgehead atoms. The maximum Gasteiger partial charge on any atom is 0.271 e. The monoisotopic (exact) mass is 262 g/mol. The van der Waals surface area contributed by atoms with Gasteiger partial charge in [0.25, 0.3) is 5.91 Å². The third kappa shape index (κ3) is 2.64. The van der Waals surface area contributed by atoms with Gasteiger partial charge < -0.3 is 5.32 Å². The molecular weight excluding hydrogens is 244 g/mol. The van der Waals surface area contributed by atoms with Crippen molar-refractivity contribution in [3.8, 4) is 0 Å². The molecule has 19 heavy (non-hydrogen) atoms. The first-order chi connectivity index (χ1) is 9.02. The van der Waals surface area contributed by atoms with Gasteiger partial charge >= 0.3 is 0 Å². The molecule has 0 radical (unpaired) electrons. The number of amides is 1. The maximum absolute atomic E-state index is 12.1. The zero-order valence-corrected chi connectivity index (χ0v) is 11.6. The Morgan fingerprint density at radius 2 is 2.26 bits per heavy atom. The first-order valence-electron chi connectivity index (χ1n) is 6.22. The van der Waals surface area contributed by atoms with Crippen molar-refractivity contribution < 1.29 is 4.79 Å². The number of carbonyl (C=O) groups excluding carboxylic acids is 1. The first kappa shape index (κ1) is 13.3. The van der Waals surface area contributed by atoms with Crippen LogP contribution < -0.4 is 5.32 Å². The van der Waals surface area contributed by atoms with E-state index in [0.717, 1.165) is 11.3 Å². The summed E-state index contributed by atoms with van der Waals surface area (Å²) in [6.07, 6.45) is 3.39. The van der Waals surface area contributed by atoms with E-state index in [1.54, 1.807) is 9.36 Å². The summed E-state index contributed by atoms with van der Waals surface area (Å²) >= 11 is 0. The van der Waals surface area contributed by atoms with Crippen molar-refractivity contribution in [2.75, 3.05) is 0 Å². The highest BCUT2D eigenvalue weighted by Gasteiger charge is 2.18. The predicted molar refractivity (Wildman–Crippen MR) is 69.5 cm³/mol. The van der Waals surface area contributed by atoms with Crippen molar-refractivity contribution in [2.45, 2.75) is 33.4 Å². The van der Waals surface area contributed by atoms with Crippen LogP contribution in [0.25, 0.3) is 0 Å². The average molecular weight is 262 g/mol. The molecule has 2 aromatic rings. The molecule has 102 valence electrons. The van der Waals surface area contributed by atoms with Crippen LogP contribution in [0.2, 0.25) is 0 Å². The third-order valence-electron chi connectivity index (χ3n) is 3.02. The van der Waals surface area contributed by atoms with Gasteiger partial charge in [0.05, 0.1) is 17.9 Å². The number of hydrogen-bond donors (Lipinski definition) is 1. The number of aromatic nitrogens is 5. The van der Waals surface area contributed by atoms with Gasteiger partial charge in [0.15, 0.2) is 0 Å². The van der Waals surface area contributed by atoms with E-state index in [0.29, 0.717) is 12.2 Å². The Labute approximate surface area is 111 Å². The first-order valence-corrected chi connectivity index (χ1v) is 6.22. The van der Waals surface area contributed by atoms with Gasteiger partial charge in [0.1, 0.15) is 5.69 Å². The van der Waals surface area contributed by atoms with E-state index in [4.69, 9.17) is 0 Å². The second-order valence-corrected chi connectivity index (χ2v) is 4.47. The topological polar surface area (TPSA) is 77.6 Å². The third-order valence-corrected chi connectivity index (χ3v) is 3.02. The quantitative estimate of drug-likeness (QED) is 0.885. The lowest BCUT2D eigenvalue weighted by atomic mass is 10.1. The number of carbonyl (C=O) groups is 1. The standard InChI is InChI=1S/C12H18N6O/c1-5-18-11(6-13-16-18)12(19)14-8(2)10-7-17(4)15-9(10)3/h6-8H,5H2,1-4H3,(H,14,19). The minimum atomic E-state index is -0.178. The highest BCUT2D eigenvalue weighted by Crippen LogP contribution is 2.16. The lowest BCUT2D eigenvalue weighted by Gasteiger charge is -2.13. The highest BCUT2D eigenvalue weighted by atomic mass is 16.2. The number of nitrogens with one attached hydrogen (secondary N) is 1. The molecule has 0 fully saturated rings. The average Bonchev–Trinajstić information content (AvgIpc) is 2.95. The van der Waals surface area contributed by atoms with Gasteiger partial charge in [-0.1, -0.05) is 5.21 Å². The van der Waals surface area contributed by atoms with Crippen molar-refractivity contribution in [1.29, 1.82) is 0 Å². The predicted octanol–water partition coefficient (Wildman–Crippen LogP) is 0.831. The van der Waals surface area contributed by atoms with Gasteiger partial charge in [-0.15, -0.1) is 5.10 Å². The fourth-order valence-corrected chi connectivity index (χ4v) is 2.06. The smallest absolute Gasteiger partial charge is 0.271 e. The summed E-state index contributed by atoms with van der Waals surface area (Å²) in [5.74, 6) is -0.178. The van der Waals surface area contributed by atoms with Crippen molar-refractivity contribution >= 4 is 5.91 Å². The molecule has 1 amide bonds. The molecule has 2 heterocycles. The lowest BCUT2D eigenvalue weighted by Crippen LogP contribution is -2.29. The van der Waals surface area contributed by atoms with E-state index < -0.39 is 0 Å². The molecule has 0 aliphatic heterocycles. The van der Waals surface area contributed by atoms with E-state index in [-0.39, 0.29) is 11.9 Å². The van der Waals surface area contributed by atoms with Gasteiger partial charge in [0.2, 0.25) is 0 Å². The summed E-state index contributed by atoms with van der Waals surface area (Å²) in [5, 5.41) is 14.8. The Bertz CT molecular complexity index is 585. The van der Waals surface area contributed by atoms with Crippen LogP contribution in [0.3, 0.4) is 0 Å². The van der Waals surface area contributed by atoms with E-state index in [9.17, 15) is 4.79 Å². The molecule has 7 nitrogen and oxygen atoms in total. The van der Waals surface area contributed by atoms with Crippen molar-refractivity contribution in [1.82, 2.24) is 30.1 Å². The fourth-order valence-electron chi connectivity index (χ4n) is 2.06. The molecule has 0 saturated carbocycles. The molecule has 2 rings (SSSR count). The Morgan fingerprint density at radius 3 is 2.84 bits per heavy atom. The summed E-state index contributed by atoms with van der Waals surface area (Å²) in [5.41, 5.74) is 2.39. The largest absolute Gasteiger partial charge is 0.344 e. The van der Waals surface area contributed by atoms with E-state index >= 15 is 0 Å². The van der Waals surface area contributed by atoms with E-state index in [1.807, 2.05) is 34.0 Å². The summed E-state index contributed by atoms with van der Waals surface area (Å²) in [6, 6.07) is -0.110. The normalized spacial score (nSPS) is 12.4. The van der Waals surface area contributed by atoms with Gasteiger partial charge in [-0.2, -0.15) is 5.10 Å². The van der Waals surface area contributed by atoms with Crippen molar-refractivity contribution in [3.63, 3.8) is 0 Å². The van der Waals surface area contributed by atoms with Crippen LogP contribution in [0.4, 0.5) is 0 Å². The Morgan fingerprint density at radius 1 is 1.53 bits per heavy atom. The number of nitrogens with zero attached hydrogens (tertiary/aromatic N) is 5. The number of hydrogen-bond acceptors (Lipinski definition) is 4. The van der Waals surface area contributed by atoms with Crippen LogP contribution in [0.15, 0.2) is 12.4 Å². The Hall–Kier alpha value is -2.18. The van der Waals surface area contributed by atoms with Crippen LogP contribution in [0.1, 0.15) is 41.6 Å². The summed E-state index contributed by atoms with van der Waals surface area (Å²) in [4.78, 5) is 12.1. The molecule has 0 aliphatic rings. The Kier molecular flexibility index (Phi) is 3.64. The second kappa shape index (κ2) is 5.21. The molecule has 0 spiro atoms. The van der Waals surface area contributed by atoms with Gasteiger partial charge in [-0.25, -0.2) is 4.68 Å². The van der Waals surface area contributed by atoms with E-state index in [1.165, 1.54) is 6.20 Å². The minimum Gasteiger partial charge on any atom is -0.344 e. The zero-order valence-electron chi connectivity index (χ0n) is 11.6. The summed E-state index contributed by atoms with van der Waals surface area (Å²) < 4.78 is 3.31. The van der Waals surface area contributed by atoms with Crippen LogP contribution >= 0.6 is 0 Å². The molecule has 2 aromatic heterocycles. The SMILES string of the molecule is CCn1nncc1C(=O)NC(C)c1cn(C)nc1C. The number of rotatable bonds is 4. The molecule has 1 atom stereocenters. The summed E-state index contributed by atoms with van der Waals surface area (Å²) in [7, 11) is 1.86. The van der Waals surface area contributed by atoms with Crippen molar-refractivity contribution in [2.24, 2.45) is 7.05 Å². The molecule has 1 N–H and O–H groups in total. The zero-order chi connectivity index (χ0) is 14.0. The highest BCUT2D eigenvalue weighted by molar-refractivity contribution is 5.92. The van der Waals surface area contributed by atoms with Crippen LogP contribution in [0.5, 0.6) is 0 Å². The van der Waals surface area contributed by atoms with Crippen molar-refractivity contribution in [3.05, 3.63) is 29.3 Å². The molecule has 0 aliphatic carbocycles. The molecule has 0 aromatic carbocycles. The van der Waals surface area contributed by atoms with Gasteiger partial charge in [-0.3, -0.25) is 9.48 Å². The molecule has 0 saturated heterocycles. The molecule has 1 unspecified atom stereocenters. The number of aryl methyl sites for hydroxylation is 3. The summed E-state index contributed by atoms with van der Waals surface area (Å²) in [6.45, 7) is 6.39. The molecule has 7 heteroatoms. The Balaban J connectivity index is 2.13. The van der Waals surface area contributed by atoms with Gasteiger partial charge in [-0.05, 0) is 20.8 Å². The molecular formula is C12H18N6O. The van der Waals surface area contributed by atoms with Gasteiger partial charge in [0, 0.05) is 25.4 Å². The lowest BCUT2D eigenvalue weighted by molar-refractivity contribution is 0.0929.